The Morgan fingerprint density at radius 2 is 2.05 bits per heavy atom. The highest BCUT2D eigenvalue weighted by Gasteiger charge is 2.09. The number of nitrogens with one attached hydrogen (secondary N) is 1. The molecule has 0 atom stereocenters. The van der Waals surface area contributed by atoms with Crippen molar-refractivity contribution in [3.05, 3.63) is 41.5 Å². The maximum atomic E-state index is 4.68. The van der Waals surface area contributed by atoms with E-state index in [1.807, 2.05) is 25.3 Å². The van der Waals surface area contributed by atoms with Gasteiger partial charge in [0.2, 0.25) is 0 Å². The molecule has 0 fully saturated rings. The standard InChI is InChI=1S/C16H22N4/c1-5-13-9-17-7-6-15(13)16-19-12(4)8-14(20-16)10-18-11(2)3/h6-9,11,18H,5,10H2,1-4H3. The van der Waals surface area contributed by atoms with Crippen LogP contribution in [-0.4, -0.2) is 21.0 Å². The Kier molecular flexibility index (Phi) is 4.79. The third kappa shape index (κ3) is 3.61. The first-order chi connectivity index (χ1) is 9.60. The number of aryl methyl sites for hydroxylation is 2. The number of rotatable bonds is 5. The van der Waals surface area contributed by atoms with Crippen LogP contribution in [0.15, 0.2) is 24.5 Å². The second-order valence-electron chi connectivity index (χ2n) is 5.25. The number of hydrogen-bond donors (Lipinski definition) is 1. The highest BCUT2D eigenvalue weighted by molar-refractivity contribution is 5.59. The molecule has 0 aromatic carbocycles. The summed E-state index contributed by atoms with van der Waals surface area (Å²) >= 11 is 0. The van der Waals surface area contributed by atoms with E-state index in [1.165, 1.54) is 5.56 Å². The van der Waals surface area contributed by atoms with E-state index in [0.29, 0.717) is 6.04 Å². The Hall–Kier alpha value is -1.81. The SMILES string of the molecule is CCc1cnccc1-c1nc(C)cc(CNC(C)C)n1. The molecule has 0 unspecified atom stereocenters. The first-order valence-corrected chi connectivity index (χ1v) is 7.11. The average molecular weight is 270 g/mol. The minimum Gasteiger partial charge on any atom is -0.309 e. The van der Waals surface area contributed by atoms with Crippen LogP contribution < -0.4 is 5.32 Å². The molecule has 2 aromatic rings. The van der Waals surface area contributed by atoms with Crippen LogP contribution >= 0.6 is 0 Å². The van der Waals surface area contributed by atoms with E-state index < -0.39 is 0 Å². The van der Waals surface area contributed by atoms with Crippen LogP contribution in [0.5, 0.6) is 0 Å². The average Bonchev–Trinajstić information content (AvgIpc) is 2.44. The van der Waals surface area contributed by atoms with Crippen molar-refractivity contribution in [2.24, 2.45) is 0 Å². The van der Waals surface area contributed by atoms with E-state index in [9.17, 15) is 0 Å². The van der Waals surface area contributed by atoms with Gasteiger partial charge in [0.05, 0.1) is 5.69 Å². The second kappa shape index (κ2) is 6.57. The van der Waals surface area contributed by atoms with E-state index in [1.54, 1.807) is 6.20 Å². The zero-order valence-corrected chi connectivity index (χ0v) is 12.6. The molecule has 20 heavy (non-hydrogen) atoms. The smallest absolute Gasteiger partial charge is 0.160 e. The first-order valence-electron chi connectivity index (χ1n) is 7.11. The molecular formula is C16H22N4. The van der Waals surface area contributed by atoms with Gasteiger partial charge in [0.1, 0.15) is 0 Å². The fraction of sp³-hybridized carbons (Fsp3) is 0.438. The van der Waals surface area contributed by atoms with Gasteiger partial charge in [-0.1, -0.05) is 20.8 Å². The summed E-state index contributed by atoms with van der Waals surface area (Å²) in [6.07, 6.45) is 4.62. The molecule has 2 heterocycles. The molecule has 106 valence electrons. The molecule has 0 amide bonds. The molecular weight excluding hydrogens is 248 g/mol. The molecule has 2 rings (SSSR count). The lowest BCUT2D eigenvalue weighted by atomic mass is 10.1. The van der Waals surface area contributed by atoms with Gasteiger partial charge in [-0.2, -0.15) is 0 Å². The van der Waals surface area contributed by atoms with Crippen molar-refractivity contribution in [3.8, 4) is 11.4 Å². The number of aromatic nitrogens is 3. The van der Waals surface area contributed by atoms with Crippen molar-refractivity contribution in [1.29, 1.82) is 0 Å². The summed E-state index contributed by atoms with van der Waals surface area (Å²) in [7, 11) is 0. The van der Waals surface area contributed by atoms with Crippen LogP contribution in [-0.2, 0) is 13.0 Å². The normalized spacial score (nSPS) is 11.1. The van der Waals surface area contributed by atoms with Crippen LogP contribution in [0.4, 0.5) is 0 Å². The van der Waals surface area contributed by atoms with Gasteiger partial charge in [-0.05, 0) is 31.0 Å². The predicted octanol–water partition coefficient (Wildman–Crippen LogP) is 2.91. The first kappa shape index (κ1) is 14.6. The fourth-order valence-electron chi connectivity index (χ4n) is 2.08. The van der Waals surface area contributed by atoms with E-state index in [-0.39, 0.29) is 0 Å². The maximum absolute atomic E-state index is 4.68. The van der Waals surface area contributed by atoms with Crippen molar-refractivity contribution in [3.63, 3.8) is 0 Å². The lowest BCUT2D eigenvalue weighted by Gasteiger charge is -2.11. The van der Waals surface area contributed by atoms with Crippen LogP contribution in [0.25, 0.3) is 11.4 Å². The molecule has 0 saturated heterocycles. The highest BCUT2D eigenvalue weighted by Crippen LogP contribution is 2.20. The van der Waals surface area contributed by atoms with Gasteiger partial charge < -0.3 is 5.32 Å². The minimum atomic E-state index is 0.445. The third-order valence-electron chi connectivity index (χ3n) is 3.12. The van der Waals surface area contributed by atoms with Gasteiger partial charge in [0.25, 0.3) is 0 Å². The lowest BCUT2D eigenvalue weighted by Crippen LogP contribution is -2.22. The summed E-state index contributed by atoms with van der Waals surface area (Å²) in [5, 5.41) is 3.39. The van der Waals surface area contributed by atoms with Crippen molar-refractivity contribution in [1.82, 2.24) is 20.3 Å². The number of nitrogens with zero attached hydrogens (tertiary/aromatic N) is 3. The Balaban J connectivity index is 2.36. The van der Waals surface area contributed by atoms with Crippen LogP contribution in [0.2, 0.25) is 0 Å². The molecule has 0 aliphatic carbocycles. The van der Waals surface area contributed by atoms with E-state index in [0.717, 1.165) is 35.7 Å². The molecule has 4 heteroatoms. The third-order valence-corrected chi connectivity index (χ3v) is 3.12. The largest absolute Gasteiger partial charge is 0.309 e. The quantitative estimate of drug-likeness (QED) is 0.907. The Labute approximate surface area is 120 Å². The van der Waals surface area contributed by atoms with Crippen molar-refractivity contribution >= 4 is 0 Å². The Morgan fingerprint density at radius 1 is 1.25 bits per heavy atom. The van der Waals surface area contributed by atoms with Gasteiger partial charge in [-0.25, -0.2) is 9.97 Å². The predicted molar refractivity (Wildman–Crippen MR) is 81.4 cm³/mol. The van der Waals surface area contributed by atoms with Gasteiger partial charge in [0, 0.05) is 36.2 Å². The fourth-order valence-corrected chi connectivity index (χ4v) is 2.08. The van der Waals surface area contributed by atoms with Gasteiger partial charge >= 0.3 is 0 Å². The highest BCUT2D eigenvalue weighted by atomic mass is 15.0. The topological polar surface area (TPSA) is 50.7 Å². The summed E-state index contributed by atoms with van der Waals surface area (Å²) < 4.78 is 0. The van der Waals surface area contributed by atoms with Crippen LogP contribution in [0.3, 0.4) is 0 Å². The van der Waals surface area contributed by atoms with Crippen molar-refractivity contribution in [2.45, 2.75) is 46.7 Å². The van der Waals surface area contributed by atoms with Crippen molar-refractivity contribution < 1.29 is 0 Å². The molecule has 0 aliphatic rings. The summed E-state index contributed by atoms with van der Waals surface area (Å²) in [6, 6.07) is 4.47. The molecule has 2 aromatic heterocycles. The van der Waals surface area contributed by atoms with E-state index >= 15 is 0 Å². The van der Waals surface area contributed by atoms with Crippen molar-refractivity contribution in [2.75, 3.05) is 0 Å². The maximum Gasteiger partial charge on any atom is 0.160 e. The zero-order valence-electron chi connectivity index (χ0n) is 12.6. The molecule has 0 aliphatic heterocycles. The van der Waals surface area contributed by atoms with Gasteiger partial charge in [-0.15, -0.1) is 0 Å². The van der Waals surface area contributed by atoms with E-state index in [4.69, 9.17) is 0 Å². The monoisotopic (exact) mass is 270 g/mol. The molecule has 0 saturated carbocycles. The molecule has 1 N–H and O–H groups in total. The molecule has 0 radical (unpaired) electrons. The Bertz CT molecular complexity index is 578. The number of pyridine rings is 1. The molecule has 0 bridgehead atoms. The minimum absolute atomic E-state index is 0.445. The van der Waals surface area contributed by atoms with Gasteiger partial charge in [-0.3, -0.25) is 4.98 Å². The molecule has 0 spiro atoms. The summed E-state index contributed by atoms with van der Waals surface area (Å²) in [5.74, 6) is 0.796. The Morgan fingerprint density at radius 3 is 2.75 bits per heavy atom. The van der Waals surface area contributed by atoms with Crippen LogP contribution in [0, 0.1) is 6.92 Å². The van der Waals surface area contributed by atoms with Crippen LogP contribution in [0.1, 0.15) is 37.7 Å². The molecule has 4 nitrogen and oxygen atoms in total. The summed E-state index contributed by atoms with van der Waals surface area (Å²) in [5.41, 5.74) is 4.28. The van der Waals surface area contributed by atoms with Gasteiger partial charge in [0.15, 0.2) is 5.82 Å². The number of hydrogen-bond acceptors (Lipinski definition) is 4. The second-order valence-corrected chi connectivity index (χ2v) is 5.25. The summed E-state index contributed by atoms with van der Waals surface area (Å²) in [4.78, 5) is 13.4. The lowest BCUT2D eigenvalue weighted by molar-refractivity contribution is 0.580. The van der Waals surface area contributed by atoms with E-state index in [2.05, 4.69) is 41.0 Å². The summed E-state index contributed by atoms with van der Waals surface area (Å²) in [6.45, 7) is 9.16. The zero-order chi connectivity index (χ0) is 14.5.